The number of halogens is 3. The number of hydrogen-bond donors (Lipinski definition) is 1. The number of nitrogens with zero attached hydrogens (tertiary/aromatic N) is 1. The molecule has 0 unspecified atom stereocenters. The molecule has 0 aliphatic carbocycles. The maximum absolute atomic E-state index is 12.2. The van der Waals surface area contributed by atoms with Gasteiger partial charge in [0.25, 0.3) is 0 Å². The van der Waals surface area contributed by atoms with E-state index in [2.05, 4.69) is 36.8 Å². The van der Waals surface area contributed by atoms with E-state index in [4.69, 9.17) is 16.0 Å². The second kappa shape index (κ2) is 5.44. The van der Waals surface area contributed by atoms with Crippen LogP contribution in [0.25, 0.3) is 22.4 Å². The first kappa shape index (κ1) is 14.6. The molecule has 7 heteroatoms. The smallest absolute Gasteiger partial charge is 0.193 e. The molecule has 2 aromatic heterocycles. The summed E-state index contributed by atoms with van der Waals surface area (Å²) >= 11 is 12.5. The van der Waals surface area contributed by atoms with Crippen LogP contribution in [0.15, 0.2) is 48.5 Å². The molecule has 0 radical (unpaired) electrons. The summed E-state index contributed by atoms with van der Waals surface area (Å²) in [6, 6.07) is 7.74. The summed E-state index contributed by atoms with van der Waals surface area (Å²) in [4.78, 5) is 16.2. The van der Waals surface area contributed by atoms with E-state index < -0.39 is 0 Å². The third kappa shape index (κ3) is 2.71. The van der Waals surface area contributed by atoms with Gasteiger partial charge in [-0.1, -0.05) is 27.5 Å². The van der Waals surface area contributed by atoms with Crippen molar-refractivity contribution in [3.63, 3.8) is 0 Å². The van der Waals surface area contributed by atoms with Crippen molar-refractivity contribution < 1.29 is 9.52 Å². The fraction of sp³-hybridized carbons (Fsp3) is 0. The van der Waals surface area contributed by atoms with Crippen molar-refractivity contribution in [2.24, 2.45) is 0 Å². The maximum Gasteiger partial charge on any atom is 0.193 e. The van der Waals surface area contributed by atoms with Gasteiger partial charge in [0.15, 0.2) is 27.7 Å². The Kier molecular flexibility index (Phi) is 3.77. The topological polar surface area (TPSA) is 63.3 Å². The summed E-state index contributed by atoms with van der Waals surface area (Å²) < 4.78 is 7.16. The molecule has 0 saturated carbocycles. The molecular weight excluding hydrogens is 425 g/mol. The Bertz CT molecular complexity index is 924. The second-order valence-corrected chi connectivity index (χ2v) is 6.37. The summed E-state index contributed by atoms with van der Waals surface area (Å²) in [7, 11) is 0. The zero-order valence-corrected chi connectivity index (χ0v) is 14.2. The van der Waals surface area contributed by atoms with Crippen LogP contribution in [0.1, 0.15) is 0 Å². The Morgan fingerprint density at radius 1 is 1.19 bits per heavy atom. The average molecular weight is 431 g/mol. The van der Waals surface area contributed by atoms with Crippen LogP contribution in [-0.2, 0) is 0 Å². The first-order chi connectivity index (χ1) is 9.95. The fourth-order valence-electron chi connectivity index (χ4n) is 1.87. The number of fused-ring (bicyclic) bond motifs is 1. The van der Waals surface area contributed by atoms with Crippen LogP contribution in [0.5, 0.6) is 5.75 Å². The quantitative estimate of drug-likeness (QED) is 0.566. The number of rotatable bonds is 1. The average Bonchev–Trinajstić information content (AvgIpc) is 2.43. The number of hydrogen-bond acceptors (Lipinski definition) is 4. The van der Waals surface area contributed by atoms with Crippen molar-refractivity contribution in [1.29, 1.82) is 0 Å². The van der Waals surface area contributed by atoms with E-state index in [1.54, 1.807) is 12.1 Å². The minimum Gasteiger partial charge on any atom is -0.505 e. The van der Waals surface area contributed by atoms with Gasteiger partial charge in [0.2, 0.25) is 0 Å². The Hall–Kier alpha value is -1.37. The van der Waals surface area contributed by atoms with E-state index in [0.29, 0.717) is 21.1 Å². The molecule has 106 valence electrons. The van der Waals surface area contributed by atoms with Crippen molar-refractivity contribution >= 4 is 54.4 Å². The van der Waals surface area contributed by atoms with Crippen LogP contribution < -0.4 is 5.43 Å². The summed E-state index contributed by atoms with van der Waals surface area (Å²) in [6.45, 7) is 0. The van der Waals surface area contributed by atoms with Gasteiger partial charge in [-0.05, 0) is 40.2 Å². The third-order valence-corrected chi connectivity index (χ3v) is 4.15. The van der Waals surface area contributed by atoms with Crippen LogP contribution in [0.3, 0.4) is 0 Å². The highest BCUT2D eigenvalue weighted by Gasteiger charge is 2.12. The van der Waals surface area contributed by atoms with Crippen molar-refractivity contribution in [3.05, 3.63) is 54.7 Å². The molecule has 21 heavy (non-hydrogen) atoms. The molecule has 0 spiro atoms. The predicted molar refractivity (Wildman–Crippen MR) is 87.8 cm³/mol. The Morgan fingerprint density at radius 3 is 2.67 bits per heavy atom. The molecule has 0 fully saturated rings. The molecule has 0 saturated heterocycles. The number of aromatic hydroxyl groups is 1. The van der Waals surface area contributed by atoms with Crippen LogP contribution in [0.4, 0.5) is 0 Å². The summed E-state index contributed by atoms with van der Waals surface area (Å²) in [6.07, 6.45) is 0. The van der Waals surface area contributed by atoms with E-state index in [0.717, 1.165) is 4.47 Å². The number of aromatic nitrogens is 1. The normalized spacial score (nSPS) is 11.0. The predicted octanol–water partition coefficient (Wildman–Crippen LogP) is 4.74. The zero-order chi connectivity index (χ0) is 15.1. The van der Waals surface area contributed by atoms with E-state index in [9.17, 15) is 9.90 Å². The number of pyridine rings is 1. The van der Waals surface area contributed by atoms with Crippen molar-refractivity contribution in [1.82, 2.24) is 4.98 Å². The molecule has 3 rings (SSSR count). The van der Waals surface area contributed by atoms with Crippen molar-refractivity contribution in [3.8, 4) is 17.2 Å². The minimum atomic E-state index is -0.195. The Morgan fingerprint density at radius 2 is 1.95 bits per heavy atom. The van der Waals surface area contributed by atoms with Gasteiger partial charge in [0.1, 0.15) is 5.69 Å². The van der Waals surface area contributed by atoms with Crippen molar-refractivity contribution in [2.75, 3.05) is 0 Å². The molecular formula is C14H6Br2ClNO3. The molecule has 0 bridgehead atoms. The van der Waals surface area contributed by atoms with E-state index in [1.165, 1.54) is 18.2 Å². The first-order valence-electron chi connectivity index (χ1n) is 5.74. The number of benzene rings is 1. The summed E-state index contributed by atoms with van der Waals surface area (Å²) in [5.41, 5.74) is 0.595. The zero-order valence-electron chi connectivity index (χ0n) is 10.2. The van der Waals surface area contributed by atoms with Crippen LogP contribution in [0.2, 0.25) is 5.15 Å². The molecule has 0 amide bonds. The van der Waals surface area contributed by atoms with E-state index in [-0.39, 0.29) is 22.1 Å². The van der Waals surface area contributed by atoms with Crippen LogP contribution in [-0.4, -0.2) is 10.1 Å². The van der Waals surface area contributed by atoms with Gasteiger partial charge in [-0.2, -0.15) is 0 Å². The van der Waals surface area contributed by atoms with Gasteiger partial charge >= 0.3 is 0 Å². The summed E-state index contributed by atoms with van der Waals surface area (Å²) in [5, 5.41) is 9.79. The lowest BCUT2D eigenvalue weighted by Gasteiger charge is -2.05. The van der Waals surface area contributed by atoms with Gasteiger partial charge < -0.3 is 9.52 Å². The highest BCUT2D eigenvalue weighted by atomic mass is 79.9. The lowest BCUT2D eigenvalue weighted by atomic mass is 10.2. The largest absolute Gasteiger partial charge is 0.505 e. The van der Waals surface area contributed by atoms with Gasteiger partial charge in [-0.15, -0.1) is 0 Å². The molecule has 0 aliphatic rings. The highest BCUT2D eigenvalue weighted by molar-refractivity contribution is 9.11. The lowest BCUT2D eigenvalue weighted by Crippen LogP contribution is -2.01. The van der Waals surface area contributed by atoms with Crippen LogP contribution in [0, 0.1) is 0 Å². The van der Waals surface area contributed by atoms with Crippen LogP contribution >= 0.6 is 43.5 Å². The molecule has 0 atom stereocenters. The maximum atomic E-state index is 12.2. The van der Waals surface area contributed by atoms with Gasteiger partial charge in [0, 0.05) is 10.5 Å². The molecule has 4 nitrogen and oxygen atoms in total. The molecule has 1 aromatic carbocycles. The molecule has 2 heterocycles. The molecule has 1 N–H and O–H groups in total. The van der Waals surface area contributed by atoms with Crippen molar-refractivity contribution in [2.45, 2.75) is 0 Å². The van der Waals surface area contributed by atoms with E-state index in [1.807, 2.05) is 0 Å². The standard InChI is InChI=1S/C14H6Br2ClNO3/c15-6-3-7-11(20)5-12(21-13(7)8(16)4-6)9-1-2-10(19)14(17)18-9/h1-5,19H. The highest BCUT2D eigenvalue weighted by Crippen LogP contribution is 2.31. The third-order valence-electron chi connectivity index (χ3n) is 2.83. The Labute approximate surface area is 140 Å². The molecule has 0 aliphatic heterocycles. The second-order valence-electron chi connectivity index (χ2n) is 4.25. The monoisotopic (exact) mass is 429 g/mol. The SMILES string of the molecule is O=c1cc(-c2ccc(O)c(Cl)n2)oc2c(Br)cc(Br)cc12. The lowest BCUT2D eigenvalue weighted by molar-refractivity contribution is 0.473. The van der Waals surface area contributed by atoms with Gasteiger partial charge in [-0.25, -0.2) is 4.98 Å². The Balaban J connectivity index is 2.30. The summed E-state index contributed by atoms with van der Waals surface area (Å²) in [5.74, 6) is 0.145. The van der Waals surface area contributed by atoms with Gasteiger partial charge in [-0.3, -0.25) is 4.79 Å². The minimum absolute atomic E-state index is 0.0508. The van der Waals surface area contributed by atoms with E-state index >= 15 is 0 Å². The fourth-order valence-corrected chi connectivity index (χ4v) is 3.33. The molecule has 3 aromatic rings. The van der Waals surface area contributed by atoms with Gasteiger partial charge in [0.05, 0.1) is 9.86 Å². The first-order valence-corrected chi connectivity index (χ1v) is 7.71.